The molecule has 0 aliphatic heterocycles. The van der Waals surface area contributed by atoms with Gasteiger partial charge in [-0.25, -0.2) is 0 Å². The highest BCUT2D eigenvalue weighted by Gasteiger charge is 2.16. The molecule has 86 valence electrons. The molecule has 1 atom stereocenters. The topological polar surface area (TPSA) is 27.8 Å². The highest BCUT2D eigenvalue weighted by molar-refractivity contribution is 5.85. The normalized spacial score (nSPS) is 13.2. The van der Waals surface area contributed by atoms with E-state index in [9.17, 15) is 0 Å². The SMILES string of the molecule is CCc1[nH]c2ccccc2c1C(CC)NC. The summed E-state index contributed by atoms with van der Waals surface area (Å²) < 4.78 is 0. The molecular formula is C14H20N2. The van der Waals surface area contributed by atoms with Gasteiger partial charge >= 0.3 is 0 Å². The van der Waals surface area contributed by atoms with E-state index in [0.29, 0.717) is 6.04 Å². The summed E-state index contributed by atoms with van der Waals surface area (Å²) in [6.07, 6.45) is 2.17. The van der Waals surface area contributed by atoms with E-state index in [1.54, 1.807) is 0 Å². The van der Waals surface area contributed by atoms with Gasteiger partial charge in [-0.15, -0.1) is 0 Å². The van der Waals surface area contributed by atoms with Crippen LogP contribution in [0.3, 0.4) is 0 Å². The minimum Gasteiger partial charge on any atom is -0.358 e. The zero-order valence-corrected chi connectivity index (χ0v) is 10.3. The molecule has 0 saturated heterocycles. The first kappa shape index (κ1) is 11.2. The third-order valence-electron chi connectivity index (χ3n) is 3.29. The van der Waals surface area contributed by atoms with Crippen LogP contribution < -0.4 is 5.32 Å². The molecule has 0 radical (unpaired) electrons. The second-order valence-electron chi connectivity index (χ2n) is 4.17. The van der Waals surface area contributed by atoms with E-state index in [4.69, 9.17) is 0 Å². The lowest BCUT2D eigenvalue weighted by molar-refractivity contribution is 0.575. The van der Waals surface area contributed by atoms with Gasteiger partial charge in [0.25, 0.3) is 0 Å². The fourth-order valence-corrected chi connectivity index (χ4v) is 2.45. The Morgan fingerprint density at radius 2 is 2.00 bits per heavy atom. The number of aromatic nitrogens is 1. The number of benzene rings is 1. The first-order valence-electron chi connectivity index (χ1n) is 6.08. The number of H-pyrrole nitrogens is 1. The van der Waals surface area contributed by atoms with E-state index >= 15 is 0 Å². The van der Waals surface area contributed by atoms with Crippen LogP contribution in [0.15, 0.2) is 24.3 Å². The summed E-state index contributed by atoms with van der Waals surface area (Å²) in [6.45, 7) is 4.43. The molecule has 2 rings (SSSR count). The number of aromatic amines is 1. The Bertz CT molecular complexity index is 467. The molecule has 1 heterocycles. The lowest BCUT2D eigenvalue weighted by Crippen LogP contribution is -2.16. The average Bonchev–Trinajstić information content (AvgIpc) is 2.70. The molecule has 16 heavy (non-hydrogen) atoms. The zero-order chi connectivity index (χ0) is 11.5. The van der Waals surface area contributed by atoms with E-state index in [0.717, 1.165) is 12.8 Å². The number of hydrogen-bond donors (Lipinski definition) is 2. The van der Waals surface area contributed by atoms with E-state index in [-0.39, 0.29) is 0 Å². The molecule has 0 aliphatic rings. The molecule has 1 unspecified atom stereocenters. The van der Waals surface area contributed by atoms with Gasteiger partial charge in [0.1, 0.15) is 0 Å². The lowest BCUT2D eigenvalue weighted by Gasteiger charge is -2.15. The van der Waals surface area contributed by atoms with Crippen LogP contribution in [0, 0.1) is 0 Å². The summed E-state index contributed by atoms with van der Waals surface area (Å²) in [4.78, 5) is 3.52. The second-order valence-corrected chi connectivity index (χ2v) is 4.17. The molecule has 0 saturated carbocycles. The molecule has 1 aromatic carbocycles. The molecule has 2 heteroatoms. The second kappa shape index (κ2) is 4.71. The Kier molecular flexibility index (Phi) is 3.30. The molecular weight excluding hydrogens is 196 g/mol. The summed E-state index contributed by atoms with van der Waals surface area (Å²) in [5.41, 5.74) is 4.06. The van der Waals surface area contributed by atoms with Gasteiger partial charge in [0.2, 0.25) is 0 Å². The van der Waals surface area contributed by atoms with Gasteiger partial charge in [0, 0.05) is 22.6 Å². The predicted octanol–water partition coefficient (Wildman–Crippen LogP) is 3.40. The standard InChI is InChI=1S/C14H20N2/c1-4-11(15-3)14-10-8-6-7-9-13(10)16-12(14)5-2/h6-9,11,15-16H,4-5H2,1-3H3. The predicted molar refractivity (Wildman–Crippen MR) is 69.8 cm³/mol. The molecule has 1 aromatic heterocycles. The van der Waals surface area contributed by atoms with Crippen LogP contribution in [0.25, 0.3) is 10.9 Å². The summed E-state index contributed by atoms with van der Waals surface area (Å²) in [7, 11) is 2.04. The summed E-state index contributed by atoms with van der Waals surface area (Å²) in [5, 5.41) is 4.76. The number of rotatable bonds is 4. The van der Waals surface area contributed by atoms with Crippen molar-refractivity contribution >= 4 is 10.9 Å². The molecule has 2 aromatic rings. The number of hydrogen-bond acceptors (Lipinski definition) is 1. The largest absolute Gasteiger partial charge is 0.358 e. The maximum absolute atomic E-state index is 3.52. The Labute approximate surface area is 97.1 Å². The van der Waals surface area contributed by atoms with Crippen molar-refractivity contribution in [3.05, 3.63) is 35.5 Å². The monoisotopic (exact) mass is 216 g/mol. The fourth-order valence-electron chi connectivity index (χ4n) is 2.45. The molecule has 0 spiro atoms. The number of aryl methyl sites for hydroxylation is 1. The molecule has 0 fully saturated rings. The van der Waals surface area contributed by atoms with Crippen molar-refractivity contribution in [1.82, 2.24) is 10.3 Å². The Hall–Kier alpha value is -1.28. The van der Waals surface area contributed by atoms with E-state index < -0.39 is 0 Å². The smallest absolute Gasteiger partial charge is 0.0459 e. The van der Waals surface area contributed by atoms with E-state index in [2.05, 4.69) is 48.4 Å². The van der Waals surface area contributed by atoms with Crippen molar-refractivity contribution in [3.63, 3.8) is 0 Å². The Morgan fingerprint density at radius 1 is 1.25 bits per heavy atom. The van der Waals surface area contributed by atoms with Gasteiger partial charge in [-0.05, 0) is 31.5 Å². The van der Waals surface area contributed by atoms with Crippen molar-refractivity contribution in [2.45, 2.75) is 32.7 Å². The molecule has 0 bridgehead atoms. The minimum atomic E-state index is 0.450. The highest BCUT2D eigenvalue weighted by Crippen LogP contribution is 2.29. The Morgan fingerprint density at radius 3 is 2.62 bits per heavy atom. The average molecular weight is 216 g/mol. The molecule has 0 amide bonds. The Balaban J connectivity index is 2.63. The van der Waals surface area contributed by atoms with Gasteiger partial charge < -0.3 is 10.3 Å². The quantitative estimate of drug-likeness (QED) is 0.805. The zero-order valence-electron chi connectivity index (χ0n) is 10.3. The highest BCUT2D eigenvalue weighted by atomic mass is 14.9. The number of fused-ring (bicyclic) bond motifs is 1. The van der Waals surface area contributed by atoms with Gasteiger partial charge in [0.05, 0.1) is 0 Å². The van der Waals surface area contributed by atoms with Crippen LogP contribution in [-0.2, 0) is 6.42 Å². The van der Waals surface area contributed by atoms with Crippen molar-refractivity contribution in [3.8, 4) is 0 Å². The first-order valence-corrected chi connectivity index (χ1v) is 6.08. The van der Waals surface area contributed by atoms with Crippen LogP contribution in [0.4, 0.5) is 0 Å². The van der Waals surface area contributed by atoms with E-state index in [1.165, 1.54) is 22.2 Å². The summed E-state index contributed by atoms with van der Waals surface area (Å²) >= 11 is 0. The van der Waals surface area contributed by atoms with Crippen molar-refractivity contribution in [2.75, 3.05) is 7.05 Å². The van der Waals surface area contributed by atoms with E-state index in [1.807, 2.05) is 7.05 Å². The van der Waals surface area contributed by atoms with Crippen LogP contribution in [0.1, 0.15) is 37.6 Å². The molecule has 2 nitrogen and oxygen atoms in total. The fraction of sp³-hybridized carbons (Fsp3) is 0.429. The van der Waals surface area contributed by atoms with Crippen LogP contribution in [0.2, 0.25) is 0 Å². The number of nitrogens with one attached hydrogen (secondary N) is 2. The van der Waals surface area contributed by atoms with Crippen molar-refractivity contribution < 1.29 is 0 Å². The van der Waals surface area contributed by atoms with Gasteiger partial charge in [-0.2, -0.15) is 0 Å². The maximum atomic E-state index is 3.52. The number of para-hydroxylation sites is 1. The third kappa shape index (κ3) is 1.74. The lowest BCUT2D eigenvalue weighted by atomic mass is 10.00. The molecule has 0 aliphatic carbocycles. The third-order valence-corrected chi connectivity index (χ3v) is 3.29. The maximum Gasteiger partial charge on any atom is 0.0459 e. The minimum absolute atomic E-state index is 0.450. The summed E-state index contributed by atoms with van der Waals surface area (Å²) in [5.74, 6) is 0. The summed E-state index contributed by atoms with van der Waals surface area (Å²) in [6, 6.07) is 9.01. The van der Waals surface area contributed by atoms with Crippen LogP contribution in [-0.4, -0.2) is 12.0 Å². The van der Waals surface area contributed by atoms with Crippen LogP contribution in [0.5, 0.6) is 0 Å². The van der Waals surface area contributed by atoms with Gasteiger partial charge in [-0.1, -0.05) is 32.0 Å². The van der Waals surface area contributed by atoms with Crippen molar-refractivity contribution in [2.24, 2.45) is 0 Å². The molecule has 2 N–H and O–H groups in total. The van der Waals surface area contributed by atoms with Gasteiger partial charge in [-0.3, -0.25) is 0 Å². The van der Waals surface area contributed by atoms with Gasteiger partial charge in [0.15, 0.2) is 0 Å². The van der Waals surface area contributed by atoms with Crippen molar-refractivity contribution in [1.29, 1.82) is 0 Å². The van der Waals surface area contributed by atoms with Crippen LogP contribution >= 0.6 is 0 Å². The first-order chi connectivity index (χ1) is 7.81.